The quantitative estimate of drug-likeness (QED) is 0.378. The predicted octanol–water partition coefficient (Wildman–Crippen LogP) is 6.02. The Kier molecular flexibility index (Phi) is 5.83. The summed E-state index contributed by atoms with van der Waals surface area (Å²) >= 11 is 0. The van der Waals surface area contributed by atoms with Crippen LogP contribution < -0.4 is 5.32 Å². The Hall–Kier alpha value is -4.38. The van der Waals surface area contributed by atoms with Crippen molar-refractivity contribution in [2.45, 2.75) is 12.0 Å². The molecule has 4 aromatic carbocycles. The van der Waals surface area contributed by atoms with Gasteiger partial charge in [0.1, 0.15) is 6.61 Å². The number of alkyl carbamates (subject to hydrolysis) is 1. The lowest BCUT2D eigenvalue weighted by Gasteiger charge is -2.20. The maximum atomic E-state index is 12.8. The van der Waals surface area contributed by atoms with Crippen molar-refractivity contribution in [3.8, 4) is 22.3 Å². The third-order valence-corrected chi connectivity index (χ3v) is 6.21. The molecule has 5 rings (SSSR count). The van der Waals surface area contributed by atoms with Crippen molar-refractivity contribution in [2.24, 2.45) is 0 Å². The number of rotatable bonds is 6. The highest BCUT2D eigenvalue weighted by Crippen LogP contribution is 2.44. The van der Waals surface area contributed by atoms with Crippen molar-refractivity contribution < 1.29 is 19.4 Å². The highest BCUT2D eigenvalue weighted by molar-refractivity contribution is 5.85. The molecule has 0 saturated heterocycles. The average molecular weight is 450 g/mol. The molecule has 168 valence electrons. The van der Waals surface area contributed by atoms with Gasteiger partial charge >= 0.3 is 12.1 Å². The second-order valence-electron chi connectivity index (χ2n) is 8.19. The zero-order valence-electron chi connectivity index (χ0n) is 18.3. The minimum absolute atomic E-state index is 0.0990. The van der Waals surface area contributed by atoms with Crippen LogP contribution in [0.3, 0.4) is 0 Å². The summed E-state index contributed by atoms with van der Waals surface area (Å²) in [5.74, 6) is -1.25. The molecule has 0 aromatic heterocycles. The summed E-state index contributed by atoms with van der Waals surface area (Å²) in [5.41, 5.74) is 6.57. The molecule has 5 nitrogen and oxygen atoms in total. The summed E-state index contributed by atoms with van der Waals surface area (Å²) in [4.78, 5) is 24.9. The van der Waals surface area contributed by atoms with Crippen molar-refractivity contribution in [1.29, 1.82) is 0 Å². The SMILES string of the molecule is O=C(N[C@H](C(=O)O)c1ccccc1-c1ccccc1)OCC1c2ccccc2-c2ccccc21. The van der Waals surface area contributed by atoms with Gasteiger partial charge in [-0.25, -0.2) is 9.59 Å². The molecule has 34 heavy (non-hydrogen) atoms. The average Bonchev–Trinajstić information content (AvgIpc) is 3.20. The van der Waals surface area contributed by atoms with Gasteiger partial charge in [0.15, 0.2) is 6.04 Å². The Morgan fingerprint density at radius 1 is 0.735 bits per heavy atom. The van der Waals surface area contributed by atoms with Gasteiger partial charge in [-0.1, -0.05) is 103 Å². The zero-order chi connectivity index (χ0) is 23.5. The Morgan fingerprint density at radius 3 is 1.88 bits per heavy atom. The van der Waals surface area contributed by atoms with Gasteiger partial charge in [-0.3, -0.25) is 0 Å². The molecule has 0 fully saturated rings. The lowest BCUT2D eigenvalue weighted by molar-refractivity contribution is -0.139. The normalized spacial score (nSPS) is 12.9. The van der Waals surface area contributed by atoms with E-state index in [1.54, 1.807) is 12.1 Å². The Morgan fingerprint density at radius 2 is 1.26 bits per heavy atom. The number of amides is 1. The van der Waals surface area contributed by atoms with Crippen LogP contribution in [0.15, 0.2) is 103 Å². The van der Waals surface area contributed by atoms with Crippen LogP contribution >= 0.6 is 0 Å². The predicted molar refractivity (Wildman–Crippen MR) is 130 cm³/mol. The molecule has 0 spiro atoms. The third-order valence-electron chi connectivity index (χ3n) is 6.21. The Bertz CT molecular complexity index is 1300. The van der Waals surface area contributed by atoms with Gasteiger partial charge in [-0.15, -0.1) is 0 Å². The van der Waals surface area contributed by atoms with E-state index in [2.05, 4.69) is 17.4 Å². The van der Waals surface area contributed by atoms with Crippen LogP contribution in [0, 0.1) is 0 Å². The van der Waals surface area contributed by atoms with Crippen LogP contribution in [0.25, 0.3) is 22.3 Å². The van der Waals surface area contributed by atoms with Gasteiger partial charge in [0.2, 0.25) is 0 Å². The summed E-state index contributed by atoms with van der Waals surface area (Å²) in [6.45, 7) is 0.118. The van der Waals surface area contributed by atoms with E-state index in [4.69, 9.17) is 4.74 Å². The van der Waals surface area contributed by atoms with Crippen molar-refractivity contribution in [1.82, 2.24) is 5.32 Å². The molecule has 1 atom stereocenters. The number of ether oxygens (including phenoxy) is 1. The van der Waals surface area contributed by atoms with Gasteiger partial charge in [0, 0.05) is 5.92 Å². The molecule has 1 aliphatic carbocycles. The first-order valence-corrected chi connectivity index (χ1v) is 11.1. The number of carbonyl (C=O) groups is 2. The largest absolute Gasteiger partial charge is 0.479 e. The first-order chi connectivity index (χ1) is 16.6. The van der Waals surface area contributed by atoms with Gasteiger partial charge in [0.05, 0.1) is 0 Å². The van der Waals surface area contributed by atoms with E-state index < -0.39 is 18.1 Å². The summed E-state index contributed by atoms with van der Waals surface area (Å²) in [5, 5.41) is 12.5. The van der Waals surface area contributed by atoms with Crippen LogP contribution in [0.5, 0.6) is 0 Å². The fourth-order valence-corrected chi connectivity index (χ4v) is 4.66. The molecule has 0 bridgehead atoms. The lowest BCUT2D eigenvalue weighted by Crippen LogP contribution is -2.35. The van der Waals surface area contributed by atoms with Crippen LogP contribution in [0.2, 0.25) is 0 Å². The molecule has 0 saturated carbocycles. The number of nitrogens with one attached hydrogen (secondary N) is 1. The molecular formula is C29H23NO4. The Balaban J connectivity index is 1.35. The number of hydrogen-bond donors (Lipinski definition) is 2. The van der Waals surface area contributed by atoms with Crippen molar-refractivity contribution in [2.75, 3.05) is 6.61 Å². The van der Waals surface area contributed by atoms with Crippen molar-refractivity contribution in [3.05, 3.63) is 120 Å². The van der Waals surface area contributed by atoms with E-state index >= 15 is 0 Å². The van der Waals surface area contributed by atoms with Crippen LogP contribution in [-0.2, 0) is 9.53 Å². The molecule has 0 radical (unpaired) electrons. The van der Waals surface area contributed by atoms with Crippen LogP contribution in [-0.4, -0.2) is 23.8 Å². The summed E-state index contributed by atoms with van der Waals surface area (Å²) in [6.07, 6.45) is -0.767. The molecule has 2 N–H and O–H groups in total. The lowest BCUT2D eigenvalue weighted by atomic mass is 9.95. The van der Waals surface area contributed by atoms with E-state index in [1.165, 1.54) is 0 Å². The molecular weight excluding hydrogens is 426 g/mol. The fourth-order valence-electron chi connectivity index (χ4n) is 4.66. The maximum absolute atomic E-state index is 12.8. The Labute approximate surface area is 197 Å². The van der Waals surface area contributed by atoms with Gasteiger partial charge in [0.25, 0.3) is 0 Å². The number of aliphatic carboxylic acids is 1. The van der Waals surface area contributed by atoms with Gasteiger partial charge in [-0.05, 0) is 38.9 Å². The summed E-state index contributed by atoms with van der Waals surface area (Å²) in [6, 6.07) is 31.6. The second-order valence-corrected chi connectivity index (χ2v) is 8.19. The number of fused-ring (bicyclic) bond motifs is 3. The molecule has 0 aliphatic heterocycles. The topological polar surface area (TPSA) is 75.6 Å². The summed E-state index contributed by atoms with van der Waals surface area (Å²) in [7, 11) is 0. The van der Waals surface area contributed by atoms with E-state index in [9.17, 15) is 14.7 Å². The smallest absolute Gasteiger partial charge is 0.408 e. The van der Waals surface area contributed by atoms with Crippen molar-refractivity contribution in [3.63, 3.8) is 0 Å². The van der Waals surface area contributed by atoms with Gasteiger partial charge in [-0.2, -0.15) is 0 Å². The van der Waals surface area contributed by atoms with E-state index in [0.717, 1.165) is 33.4 Å². The standard InChI is InChI=1S/C29H23NO4/c31-28(32)27(25-17-9-4-12-20(25)19-10-2-1-3-11-19)30-29(33)34-18-26-23-15-7-5-13-21(23)22-14-6-8-16-24(22)26/h1-17,26-27H,18H2,(H,30,33)(H,31,32)/t27-/m0/s1. The second kappa shape index (κ2) is 9.24. The fraction of sp³-hybridized carbons (Fsp3) is 0.103. The third kappa shape index (κ3) is 4.04. The molecule has 5 heteroatoms. The number of carbonyl (C=O) groups excluding carboxylic acids is 1. The molecule has 4 aromatic rings. The molecule has 1 amide bonds. The summed E-state index contributed by atoms with van der Waals surface area (Å²) < 4.78 is 5.57. The van der Waals surface area contributed by atoms with Crippen molar-refractivity contribution >= 4 is 12.1 Å². The number of carboxylic acid groups (broad SMARTS) is 1. The molecule has 1 aliphatic rings. The monoisotopic (exact) mass is 449 g/mol. The highest BCUT2D eigenvalue weighted by Gasteiger charge is 2.30. The minimum atomic E-state index is -1.24. The number of benzene rings is 4. The zero-order valence-corrected chi connectivity index (χ0v) is 18.3. The molecule has 0 unspecified atom stereocenters. The van der Waals surface area contributed by atoms with E-state index in [1.807, 2.05) is 78.9 Å². The minimum Gasteiger partial charge on any atom is -0.479 e. The highest BCUT2D eigenvalue weighted by atomic mass is 16.5. The van der Waals surface area contributed by atoms with E-state index in [0.29, 0.717) is 5.56 Å². The van der Waals surface area contributed by atoms with E-state index in [-0.39, 0.29) is 12.5 Å². The first kappa shape index (κ1) is 21.5. The van der Waals surface area contributed by atoms with Crippen LogP contribution in [0.4, 0.5) is 4.79 Å². The number of hydrogen-bond acceptors (Lipinski definition) is 3. The van der Waals surface area contributed by atoms with Gasteiger partial charge < -0.3 is 15.2 Å². The first-order valence-electron chi connectivity index (χ1n) is 11.1. The maximum Gasteiger partial charge on any atom is 0.408 e. The number of carboxylic acids is 1. The van der Waals surface area contributed by atoms with Crippen LogP contribution in [0.1, 0.15) is 28.7 Å². The molecule has 0 heterocycles.